The standard InChI is InChI=1S/C17H22N6OS/c1-12-18-13-6-4-5-7-14(13)23(12)11-8-15(24)19-17-21-20-16(25-17)9-10-22(2)3/h4-7H,8-11H2,1-3H3,(H,19,21,24). The summed E-state index contributed by atoms with van der Waals surface area (Å²) in [5.74, 6) is 0.850. The SMILES string of the molecule is Cc1nc2ccccc2n1CCC(=O)Nc1nnc(CCN(C)C)s1. The van der Waals surface area contributed by atoms with Crippen LogP contribution in [0.2, 0.25) is 0 Å². The summed E-state index contributed by atoms with van der Waals surface area (Å²) < 4.78 is 2.07. The minimum absolute atomic E-state index is 0.0625. The van der Waals surface area contributed by atoms with Crippen molar-refractivity contribution in [1.82, 2.24) is 24.6 Å². The number of carbonyl (C=O) groups excluding carboxylic acids is 1. The van der Waals surface area contributed by atoms with Gasteiger partial charge in [-0.2, -0.15) is 0 Å². The lowest BCUT2D eigenvalue weighted by Gasteiger charge is -2.06. The number of hydrogen-bond donors (Lipinski definition) is 1. The molecule has 0 saturated heterocycles. The molecule has 132 valence electrons. The third kappa shape index (κ3) is 4.40. The summed E-state index contributed by atoms with van der Waals surface area (Å²) in [6.45, 7) is 3.46. The number of nitrogens with one attached hydrogen (secondary N) is 1. The number of fused-ring (bicyclic) bond motifs is 1. The van der Waals surface area contributed by atoms with E-state index < -0.39 is 0 Å². The van der Waals surface area contributed by atoms with Gasteiger partial charge in [0.25, 0.3) is 0 Å². The van der Waals surface area contributed by atoms with Gasteiger partial charge in [0.15, 0.2) is 0 Å². The van der Waals surface area contributed by atoms with Crippen LogP contribution in [-0.2, 0) is 17.8 Å². The molecule has 0 aliphatic carbocycles. The molecule has 0 spiro atoms. The Morgan fingerprint density at radius 3 is 2.88 bits per heavy atom. The topological polar surface area (TPSA) is 75.9 Å². The highest BCUT2D eigenvalue weighted by atomic mass is 32.1. The Bertz CT molecular complexity index is 869. The number of aryl methyl sites for hydroxylation is 2. The number of anilines is 1. The molecule has 0 atom stereocenters. The molecule has 1 N–H and O–H groups in total. The van der Waals surface area contributed by atoms with E-state index in [0.29, 0.717) is 18.1 Å². The van der Waals surface area contributed by atoms with Crippen LogP contribution in [0, 0.1) is 6.92 Å². The molecule has 0 bridgehead atoms. The highest BCUT2D eigenvalue weighted by Gasteiger charge is 2.11. The highest BCUT2D eigenvalue weighted by molar-refractivity contribution is 7.15. The van der Waals surface area contributed by atoms with E-state index in [1.807, 2.05) is 45.3 Å². The Morgan fingerprint density at radius 2 is 2.08 bits per heavy atom. The van der Waals surface area contributed by atoms with Crippen LogP contribution in [0.5, 0.6) is 0 Å². The van der Waals surface area contributed by atoms with E-state index in [2.05, 4.69) is 30.0 Å². The molecule has 0 radical (unpaired) electrons. The van der Waals surface area contributed by atoms with Gasteiger partial charge in [0.05, 0.1) is 11.0 Å². The summed E-state index contributed by atoms with van der Waals surface area (Å²) in [4.78, 5) is 18.8. The first kappa shape index (κ1) is 17.5. The van der Waals surface area contributed by atoms with E-state index >= 15 is 0 Å². The predicted octanol–water partition coefficient (Wildman–Crippen LogP) is 2.33. The molecule has 8 heteroatoms. The third-order valence-electron chi connectivity index (χ3n) is 3.89. The number of imidazole rings is 1. The van der Waals surface area contributed by atoms with Crippen molar-refractivity contribution in [2.75, 3.05) is 26.0 Å². The zero-order valence-corrected chi connectivity index (χ0v) is 15.5. The van der Waals surface area contributed by atoms with Crippen molar-refractivity contribution in [2.24, 2.45) is 0 Å². The first-order chi connectivity index (χ1) is 12.0. The number of hydrogen-bond acceptors (Lipinski definition) is 6. The van der Waals surface area contributed by atoms with E-state index in [0.717, 1.165) is 34.8 Å². The van der Waals surface area contributed by atoms with E-state index in [9.17, 15) is 4.79 Å². The Morgan fingerprint density at radius 1 is 1.28 bits per heavy atom. The summed E-state index contributed by atoms with van der Waals surface area (Å²) in [6.07, 6.45) is 1.20. The molecule has 25 heavy (non-hydrogen) atoms. The van der Waals surface area contributed by atoms with Crippen molar-refractivity contribution < 1.29 is 4.79 Å². The molecule has 0 unspecified atom stereocenters. The van der Waals surface area contributed by atoms with Gasteiger partial charge >= 0.3 is 0 Å². The average molecular weight is 358 g/mol. The Hall–Kier alpha value is -2.32. The molecule has 0 aliphatic heterocycles. The maximum absolute atomic E-state index is 12.2. The molecule has 1 amide bonds. The molecule has 0 saturated carbocycles. The fraction of sp³-hybridized carbons (Fsp3) is 0.412. The van der Waals surface area contributed by atoms with Crippen molar-refractivity contribution in [1.29, 1.82) is 0 Å². The molecule has 2 aromatic heterocycles. The summed E-state index contributed by atoms with van der Waals surface area (Å²) in [6, 6.07) is 7.95. The minimum atomic E-state index is -0.0625. The number of nitrogens with zero attached hydrogens (tertiary/aromatic N) is 5. The van der Waals surface area contributed by atoms with Gasteiger partial charge in [0.1, 0.15) is 10.8 Å². The summed E-state index contributed by atoms with van der Waals surface area (Å²) in [5.41, 5.74) is 2.00. The van der Waals surface area contributed by atoms with Gasteiger partial charge in [-0.05, 0) is 33.2 Å². The van der Waals surface area contributed by atoms with Crippen LogP contribution in [0.4, 0.5) is 5.13 Å². The van der Waals surface area contributed by atoms with Crippen LogP contribution >= 0.6 is 11.3 Å². The molecular weight excluding hydrogens is 336 g/mol. The number of aromatic nitrogens is 4. The Labute approximate surface area is 150 Å². The summed E-state index contributed by atoms with van der Waals surface area (Å²) in [5, 5.41) is 12.5. The zero-order chi connectivity index (χ0) is 17.8. The van der Waals surface area contributed by atoms with E-state index in [4.69, 9.17) is 0 Å². The number of rotatable bonds is 7. The molecular formula is C17H22N6OS. The van der Waals surface area contributed by atoms with Crippen molar-refractivity contribution in [3.8, 4) is 0 Å². The third-order valence-corrected chi connectivity index (χ3v) is 4.79. The lowest BCUT2D eigenvalue weighted by Crippen LogP contribution is -2.15. The van der Waals surface area contributed by atoms with E-state index in [-0.39, 0.29) is 5.91 Å². The van der Waals surface area contributed by atoms with Crippen LogP contribution in [-0.4, -0.2) is 51.2 Å². The van der Waals surface area contributed by atoms with Crippen molar-refractivity contribution in [2.45, 2.75) is 26.3 Å². The van der Waals surface area contributed by atoms with Crippen LogP contribution in [0.15, 0.2) is 24.3 Å². The van der Waals surface area contributed by atoms with Crippen LogP contribution in [0.3, 0.4) is 0 Å². The van der Waals surface area contributed by atoms with Gasteiger partial charge in [0, 0.05) is 25.9 Å². The second-order valence-corrected chi connectivity index (χ2v) is 7.21. The van der Waals surface area contributed by atoms with Crippen LogP contribution in [0.1, 0.15) is 17.3 Å². The molecule has 3 rings (SSSR count). The smallest absolute Gasteiger partial charge is 0.227 e. The number of benzene rings is 1. The molecule has 7 nitrogen and oxygen atoms in total. The first-order valence-electron chi connectivity index (χ1n) is 8.22. The number of carbonyl (C=O) groups is 1. The van der Waals surface area contributed by atoms with Crippen LogP contribution < -0.4 is 5.32 Å². The highest BCUT2D eigenvalue weighted by Crippen LogP contribution is 2.18. The largest absolute Gasteiger partial charge is 0.328 e. The van der Waals surface area contributed by atoms with Gasteiger partial charge in [0.2, 0.25) is 11.0 Å². The monoisotopic (exact) mass is 358 g/mol. The number of likely N-dealkylation sites (N-methyl/N-ethyl adjacent to an activating group) is 1. The summed E-state index contributed by atoms with van der Waals surface area (Å²) in [7, 11) is 4.04. The second-order valence-electron chi connectivity index (χ2n) is 6.15. The van der Waals surface area contributed by atoms with Gasteiger partial charge in [-0.3, -0.25) is 4.79 Å². The maximum Gasteiger partial charge on any atom is 0.227 e. The van der Waals surface area contributed by atoms with Gasteiger partial charge in [-0.1, -0.05) is 23.5 Å². The normalized spacial score (nSPS) is 11.4. The average Bonchev–Trinajstić information content (AvgIpc) is 3.14. The number of para-hydroxylation sites is 2. The van der Waals surface area contributed by atoms with E-state index in [1.165, 1.54) is 11.3 Å². The lowest BCUT2D eigenvalue weighted by molar-refractivity contribution is -0.116. The van der Waals surface area contributed by atoms with Crippen molar-refractivity contribution in [3.63, 3.8) is 0 Å². The fourth-order valence-electron chi connectivity index (χ4n) is 2.60. The maximum atomic E-state index is 12.2. The van der Waals surface area contributed by atoms with Gasteiger partial charge in [-0.15, -0.1) is 10.2 Å². The fourth-order valence-corrected chi connectivity index (χ4v) is 3.34. The quantitative estimate of drug-likeness (QED) is 0.701. The van der Waals surface area contributed by atoms with Crippen molar-refractivity contribution in [3.05, 3.63) is 35.1 Å². The molecule has 0 aliphatic rings. The van der Waals surface area contributed by atoms with E-state index in [1.54, 1.807) is 0 Å². The number of amides is 1. The zero-order valence-electron chi connectivity index (χ0n) is 14.7. The van der Waals surface area contributed by atoms with Gasteiger partial charge < -0.3 is 14.8 Å². The first-order valence-corrected chi connectivity index (χ1v) is 9.03. The molecule has 2 heterocycles. The van der Waals surface area contributed by atoms with Crippen LogP contribution in [0.25, 0.3) is 11.0 Å². The molecule has 3 aromatic rings. The molecule has 1 aromatic carbocycles. The van der Waals surface area contributed by atoms with Gasteiger partial charge in [-0.25, -0.2) is 4.98 Å². The van der Waals surface area contributed by atoms with Crippen molar-refractivity contribution >= 4 is 33.4 Å². The Kier molecular flexibility index (Phi) is 5.40. The lowest BCUT2D eigenvalue weighted by atomic mass is 10.3. The summed E-state index contributed by atoms with van der Waals surface area (Å²) >= 11 is 1.43. The predicted molar refractivity (Wildman–Crippen MR) is 99.9 cm³/mol. The minimum Gasteiger partial charge on any atom is -0.328 e. The second kappa shape index (κ2) is 7.71. The molecule has 0 fully saturated rings. The Balaban J connectivity index is 1.57.